The maximum atomic E-state index is 13.2. The number of rotatable bonds is 7. The van der Waals surface area contributed by atoms with Crippen LogP contribution in [0.25, 0.3) is 10.9 Å². The third-order valence-electron chi connectivity index (χ3n) is 5.34. The summed E-state index contributed by atoms with van der Waals surface area (Å²) in [7, 11) is 1.85. The van der Waals surface area contributed by atoms with Crippen molar-refractivity contribution in [3.8, 4) is 5.75 Å². The van der Waals surface area contributed by atoms with Gasteiger partial charge in [0.1, 0.15) is 11.6 Å². The molecule has 2 heterocycles. The number of para-hydroxylation sites is 2. The number of pyridine rings is 1. The van der Waals surface area contributed by atoms with E-state index in [1.165, 1.54) is 0 Å². The highest BCUT2D eigenvalue weighted by Crippen LogP contribution is 2.27. The Morgan fingerprint density at radius 1 is 1.07 bits per heavy atom. The van der Waals surface area contributed by atoms with Crippen LogP contribution in [0.5, 0.6) is 5.75 Å². The van der Waals surface area contributed by atoms with E-state index in [-0.39, 0.29) is 5.91 Å². The van der Waals surface area contributed by atoms with Gasteiger partial charge in [-0.15, -0.1) is 0 Å². The number of carbonyl (C=O) groups excluding carboxylic acids is 1. The minimum absolute atomic E-state index is 0.0184. The molecule has 0 radical (unpaired) electrons. The molecule has 150 valence electrons. The Kier molecular flexibility index (Phi) is 5.94. The van der Waals surface area contributed by atoms with Gasteiger partial charge < -0.3 is 14.5 Å². The maximum Gasteiger partial charge on any atom is 0.257 e. The Morgan fingerprint density at radius 3 is 2.59 bits per heavy atom. The molecule has 29 heavy (non-hydrogen) atoms. The number of aromatic nitrogens is 1. The lowest BCUT2D eigenvalue weighted by molar-refractivity contribution is 0.0788. The summed E-state index contributed by atoms with van der Waals surface area (Å²) in [4.78, 5) is 22.1. The van der Waals surface area contributed by atoms with E-state index >= 15 is 0 Å². The number of carbonyl (C=O) groups is 1. The first kappa shape index (κ1) is 19.2. The molecular weight excluding hydrogens is 362 g/mol. The fourth-order valence-corrected chi connectivity index (χ4v) is 3.75. The SMILES string of the molecule is CN(CCCOc1ccccc1)C(=O)c1cc2ccccc2nc1N1CCCC1. The van der Waals surface area contributed by atoms with Crippen molar-refractivity contribution in [2.75, 3.05) is 38.2 Å². The van der Waals surface area contributed by atoms with Gasteiger partial charge in [-0.05, 0) is 43.5 Å². The normalized spacial score (nSPS) is 13.6. The van der Waals surface area contributed by atoms with Gasteiger partial charge in [-0.25, -0.2) is 4.98 Å². The van der Waals surface area contributed by atoms with Gasteiger partial charge >= 0.3 is 0 Å². The second kappa shape index (κ2) is 8.95. The lowest BCUT2D eigenvalue weighted by Crippen LogP contribution is -2.31. The molecular formula is C24H27N3O2. The van der Waals surface area contributed by atoms with Crippen molar-refractivity contribution in [2.45, 2.75) is 19.3 Å². The summed E-state index contributed by atoms with van der Waals surface area (Å²) in [6, 6.07) is 19.8. The van der Waals surface area contributed by atoms with Crippen molar-refractivity contribution in [3.63, 3.8) is 0 Å². The summed E-state index contributed by atoms with van der Waals surface area (Å²) in [6.45, 7) is 3.13. The van der Waals surface area contributed by atoms with Crippen LogP contribution in [0.2, 0.25) is 0 Å². The van der Waals surface area contributed by atoms with Crippen LogP contribution >= 0.6 is 0 Å². The molecule has 0 N–H and O–H groups in total. The molecule has 1 aliphatic rings. The van der Waals surface area contributed by atoms with Crippen molar-refractivity contribution >= 4 is 22.6 Å². The molecule has 0 aliphatic carbocycles. The first-order chi connectivity index (χ1) is 14.2. The number of benzene rings is 2. The summed E-state index contributed by atoms with van der Waals surface area (Å²) in [5.74, 6) is 1.69. The van der Waals surface area contributed by atoms with E-state index in [1.54, 1.807) is 4.90 Å². The molecule has 5 nitrogen and oxygen atoms in total. The fourth-order valence-electron chi connectivity index (χ4n) is 3.75. The Labute approximate surface area is 171 Å². The van der Waals surface area contributed by atoms with Crippen LogP contribution in [0, 0.1) is 0 Å². The number of anilines is 1. The second-order valence-electron chi connectivity index (χ2n) is 7.49. The van der Waals surface area contributed by atoms with Gasteiger partial charge in [0.05, 0.1) is 17.7 Å². The van der Waals surface area contributed by atoms with Gasteiger partial charge in [0.2, 0.25) is 0 Å². The molecule has 0 unspecified atom stereocenters. The van der Waals surface area contributed by atoms with Crippen molar-refractivity contribution in [1.29, 1.82) is 0 Å². The molecule has 0 saturated carbocycles. The van der Waals surface area contributed by atoms with E-state index in [0.29, 0.717) is 18.7 Å². The van der Waals surface area contributed by atoms with Gasteiger partial charge in [-0.2, -0.15) is 0 Å². The van der Waals surface area contributed by atoms with E-state index in [1.807, 2.05) is 67.7 Å². The molecule has 4 rings (SSSR count). The molecule has 0 bridgehead atoms. The van der Waals surface area contributed by atoms with E-state index in [0.717, 1.165) is 54.8 Å². The average molecular weight is 389 g/mol. The molecule has 1 aliphatic heterocycles. The standard InChI is InChI=1S/C24H27N3O2/c1-26(14-9-17-29-20-11-3-2-4-12-20)24(28)21-18-19-10-5-6-13-22(19)25-23(21)27-15-7-8-16-27/h2-6,10-13,18H,7-9,14-17H2,1H3. The minimum atomic E-state index is 0.0184. The van der Waals surface area contributed by atoms with E-state index < -0.39 is 0 Å². The average Bonchev–Trinajstić information content (AvgIpc) is 3.30. The summed E-state index contributed by atoms with van der Waals surface area (Å²) in [6.07, 6.45) is 3.07. The second-order valence-corrected chi connectivity index (χ2v) is 7.49. The first-order valence-corrected chi connectivity index (χ1v) is 10.3. The van der Waals surface area contributed by atoms with Gasteiger partial charge in [0.25, 0.3) is 5.91 Å². The minimum Gasteiger partial charge on any atom is -0.494 e. The third-order valence-corrected chi connectivity index (χ3v) is 5.34. The molecule has 1 aromatic heterocycles. The highest BCUT2D eigenvalue weighted by Gasteiger charge is 2.23. The lowest BCUT2D eigenvalue weighted by atomic mass is 10.1. The highest BCUT2D eigenvalue weighted by atomic mass is 16.5. The van der Waals surface area contributed by atoms with E-state index in [4.69, 9.17) is 9.72 Å². The van der Waals surface area contributed by atoms with Crippen molar-refractivity contribution in [3.05, 3.63) is 66.2 Å². The zero-order chi connectivity index (χ0) is 20.1. The summed E-state index contributed by atoms with van der Waals surface area (Å²) in [5.41, 5.74) is 1.63. The number of ether oxygens (including phenoxy) is 1. The van der Waals surface area contributed by atoms with E-state index in [9.17, 15) is 4.79 Å². The predicted molar refractivity (Wildman–Crippen MR) is 117 cm³/mol. The maximum absolute atomic E-state index is 13.2. The summed E-state index contributed by atoms with van der Waals surface area (Å²) in [5, 5.41) is 1.000. The highest BCUT2D eigenvalue weighted by molar-refractivity contribution is 6.02. The van der Waals surface area contributed by atoms with Crippen LogP contribution in [-0.4, -0.2) is 49.1 Å². The zero-order valence-corrected chi connectivity index (χ0v) is 16.9. The first-order valence-electron chi connectivity index (χ1n) is 10.3. The molecule has 0 atom stereocenters. The van der Waals surface area contributed by atoms with Crippen molar-refractivity contribution in [2.24, 2.45) is 0 Å². The molecule has 3 aromatic rings. The Bertz CT molecular complexity index is 968. The van der Waals surface area contributed by atoms with Crippen LogP contribution < -0.4 is 9.64 Å². The lowest BCUT2D eigenvalue weighted by Gasteiger charge is -2.23. The monoisotopic (exact) mass is 389 g/mol. The quantitative estimate of drug-likeness (QED) is 0.563. The number of hydrogen-bond acceptors (Lipinski definition) is 4. The molecule has 1 fully saturated rings. The molecule has 2 aromatic carbocycles. The number of fused-ring (bicyclic) bond motifs is 1. The third kappa shape index (κ3) is 4.50. The summed E-state index contributed by atoms with van der Waals surface area (Å²) < 4.78 is 5.75. The van der Waals surface area contributed by atoms with E-state index in [2.05, 4.69) is 4.90 Å². The molecule has 1 amide bonds. The van der Waals surface area contributed by atoms with Gasteiger partial charge in [-0.3, -0.25) is 4.79 Å². The molecule has 1 saturated heterocycles. The topological polar surface area (TPSA) is 45.7 Å². The molecule has 0 spiro atoms. The fraction of sp³-hybridized carbons (Fsp3) is 0.333. The Morgan fingerprint density at radius 2 is 1.79 bits per heavy atom. The predicted octanol–water partition coefficient (Wildman–Crippen LogP) is 4.38. The van der Waals surface area contributed by atoms with Gasteiger partial charge in [0.15, 0.2) is 0 Å². The summed E-state index contributed by atoms with van der Waals surface area (Å²) >= 11 is 0. The number of amides is 1. The largest absolute Gasteiger partial charge is 0.494 e. The van der Waals surface area contributed by atoms with Gasteiger partial charge in [0, 0.05) is 32.1 Å². The van der Waals surface area contributed by atoms with Crippen molar-refractivity contribution in [1.82, 2.24) is 9.88 Å². The molecule has 5 heteroatoms. The van der Waals surface area contributed by atoms with Crippen LogP contribution in [0.3, 0.4) is 0 Å². The van der Waals surface area contributed by atoms with Crippen LogP contribution in [0.1, 0.15) is 29.6 Å². The number of nitrogens with zero attached hydrogens (tertiary/aromatic N) is 3. The van der Waals surface area contributed by atoms with Crippen molar-refractivity contribution < 1.29 is 9.53 Å². The van der Waals surface area contributed by atoms with Crippen LogP contribution in [-0.2, 0) is 0 Å². The smallest absolute Gasteiger partial charge is 0.257 e. The van der Waals surface area contributed by atoms with Crippen LogP contribution in [0.15, 0.2) is 60.7 Å². The van der Waals surface area contributed by atoms with Crippen LogP contribution in [0.4, 0.5) is 5.82 Å². The van der Waals surface area contributed by atoms with Gasteiger partial charge in [-0.1, -0.05) is 36.4 Å². The Hall–Kier alpha value is -3.08. The Balaban J connectivity index is 1.46. The number of hydrogen-bond donors (Lipinski definition) is 0. The zero-order valence-electron chi connectivity index (χ0n) is 16.9.